The van der Waals surface area contributed by atoms with Crippen molar-refractivity contribution in [3.63, 3.8) is 0 Å². The highest BCUT2D eigenvalue weighted by Crippen LogP contribution is 2.36. The third-order valence-electron chi connectivity index (χ3n) is 4.12. The Morgan fingerprint density at radius 2 is 2.35 bits per heavy atom. The Morgan fingerprint density at radius 1 is 1.55 bits per heavy atom. The molecular weight excluding hydrogens is 272 g/mol. The van der Waals surface area contributed by atoms with Gasteiger partial charge in [-0.2, -0.15) is 0 Å². The van der Waals surface area contributed by atoms with Gasteiger partial charge in [0.25, 0.3) is 0 Å². The SMILES string of the molecule is CC1(C)CCc2nc3scc(CCCC(=O)O)n3c2C1. The molecule has 0 aliphatic heterocycles. The van der Waals surface area contributed by atoms with E-state index < -0.39 is 5.97 Å². The van der Waals surface area contributed by atoms with E-state index in [9.17, 15) is 4.79 Å². The fourth-order valence-corrected chi connectivity index (χ4v) is 3.95. The lowest BCUT2D eigenvalue weighted by Gasteiger charge is -2.29. The maximum absolute atomic E-state index is 10.6. The van der Waals surface area contributed by atoms with Crippen molar-refractivity contribution in [1.29, 1.82) is 0 Å². The van der Waals surface area contributed by atoms with Crippen molar-refractivity contribution >= 4 is 22.3 Å². The smallest absolute Gasteiger partial charge is 0.303 e. The van der Waals surface area contributed by atoms with Gasteiger partial charge in [0.1, 0.15) is 0 Å². The number of carboxylic acid groups (broad SMARTS) is 1. The number of hydrogen-bond donors (Lipinski definition) is 1. The van der Waals surface area contributed by atoms with E-state index in [0.29, 0.717) is 11.8 Å². The summed E-state index contributed by atoms with van der Waals surface area (Å²) in [6.07, 6.45) is 5.06. The minimum absolute atomic E-state index is 0.236. The highest BCUT2D eigenvalue weighted by Gasteiger charge is 2.29. The van der Waals surface area contributed by atoms with E-state index in [-0.39, 0.29) is 6.42 Å². The van der Waals surface area contributed by atoms with E-state index in [0.717, 1.165) is 24.2 Å². The zero-order chi connectivity index (χ0) is 14.3. The lowest BCUT2D eigenvalue weighted by Crippen LogP contribution is -2.23. The molecule has 0 fully saturated rings. The normalized spacial score (nSPS) is 17.3. The van der Waals surface area contributed by atoms with Crippen LogP contribution in [0, 0.1) is 5.41 Å². The lowest BCUT2D eigenvalue weighted by atomic mass is 9.78. The van der Waals surface area contributed by atoms with Crippen molar-refractivity contribution in [3.8, 4) is 0 Å². The van der Waals surface area contributed by atoms with Gasteiger partial charge in [-0.15, -0.1) is 11.3 Å². The predicted molar refractivity (Wildman–Crippen MR) is 79.4 cm³/mol. The molecular formula is C15H20N2O2S. The van der Waals surface area contributed by atoms with Crippen LogP contribution < -0.4 is 0 Å². The Bertz CT molecular complexity index is 654. The van der Waals surface area contributed by atoms with E-state index in [1.54, 1.807) is 11.3 Å². The van der Waals surface area contributed by atoms with Gasteiger partial charge < -0.3 is 5.11 Å². The molecule has 0 atom stereocenters. The van der Waals surface area contributed by atoms with Crippen molar-refractivity contribution in [2.24, 2.45) is 5.41 Å². The monoisotopic (exact) mass is 292 g/mol. The van der Waals surface area contributed by atoms with Crippen LogP contribution >= 0.6 is 11.3 Å². The molecule has 0 aromatic carbocycles. The molecule has 1 aliphatic carbocycles. The summed E-state index contributed by atoms with van der Waals surface area (Å²) >= 11 is 1.67. The summed E-state index contributed by atoms with van der Waals surface area (Å²) in [6, 6.07) is 0. The molecule has 5 heteroatoms. The van der Waals surface area contributed by atoms with Crippen molar-refractivity contribution in [1.82, 2.24) is 9.38 Å². The fourth-order valence-electron chi connectivity index (χ4n) is 2.99. The highest BCUT2D eigenvalue weighted by molar-refractivity contribution is 7.15. The summed E-state index contributed by atoms with van der Waals surface area (Å²) in [4.78, 5) is 16.5. The van der Waals surface area contributed by atoms with Gasteiger partial charge in [-0.05, 0) is 37.5 Å². The van der Waals surface area contributed by atoms with Crippen LogP contribution in [0.1, 0.15) is 50.2 Å². The first-order valence-corrected chi connectivity index (χ1v) is 8.03. The van der Waals surface area contributed by atoms with Crippen LogP contribution in [-0.2, 0) is 24.1 Å². The summed E-state index contributed by atoms with van der Waals surface area (Å²) < 4.78 is 2.28. The summed E-state index contributed by atoms with van der Waals surface area (Å²) in [7, 11) is 0. The van der Waals surface area contributed by atoms with Crippen LogP contribution in [0.15, 0.2) is 5.38 Å². The second-order valence-electron chi connectivity index (χ2n) is 6.44. The predicted octanol–water partition coefficient (Wildman–Crippen LogP) is 3.32. The van der Waals surface area contributed by atoms with Crippen LogP contribution in [0.2, 0.25) is 0 Å². The minimum Gasteiger partial charge on any atom is -0.481 e. The number of imidazole rings is 1. The fraction of sp³-hybridized carbons (Fsp3) is 0.600. The molecule has 3 rings (SSSR count). The summed E-state index contributed by atoms with van der Waals surface area (Å²) in [5.74, 6) is -0.717. The molecule has 0 saturated heterocycles. The van der Waals surface area contributed by atoms with E-state index >= 15 is 0 Å². The molecule has 2 aromatic rings. The van der Waals surface area contributed by atoms with Crippen molar-refractivity contribution in [2.45, 2.75) is 52.4 Å². The molecule has 0 saturated carbocycles. The average molecular weight is 292 g/mol. The number of rotatable bonds is 4. The number of aryl methyl sites for hydroxylation is 2. The van der Waals surface area contributed by atoms with Gasteiger partial charge in [0, 0.05) is 23.2 Å². The molecule has 0 unspecified atom stereocenters. The maximum atomic E-state index is 10.6. The third-order valence-corrected chi connectivity index (χ3v) is 5.00. The number of thiazole rings is 1. The molecule has 20 heavy (non-hydrogen) atoms. The Morgan fingerprint density at radius 3 is 3.10 bits per heavy atom. The first kappa shape index (κ1) is 13.6. The number of nitrogens with zero attached hydrogens (tertiary/aromatic N) is 2. The molecule has 0 spiro atoms. The number of aromatic nitrogens is 2. The number of hydrogen-bond acceptors (Lipinski definition) is 3. The van der Waals surface area contributed by atoms with Gasteiger partial charge >= 0.3 is 5.97 Å². The van der Waals surface area contributed by atoms with Crippen molar-refractivity contribution in [2.75, 3.05) is 0 Å². The van der Waals surface area contributed by atoms with Gasteiger partial charge in [-0.25, -0.2) is 4.98 Å². The van der Waals surface area contributed by atoms with Crippen molar-refractivity contribution in [3.05, 3.63) is 22.5 Å². The number of aliphatic carboxylic acids is 1. The molecule has 4 nitrogen and oxygen atoms in total. The third kappa shape index (κ3) is 2.46. The molecule has 0 radical (unpaired) electrons. The van der Waals surface area contributed by atoms with E-state index in [1.807, 2.05) is 0 Å². The number of carbonyl (C=O) groups is 1. The Kier molecular flexibility index (Phi) is 3.32. The summed E-state index contributed by atoms with van der Waals surface area (Å²) in [5, 5.41) is 10.9. The summed E-state index contributed by atoms with van der Waals surface area (Å²) in [6.45, 7) is 4.62. The standard InChI is InChI=1S/C15H20N2O2S/c1-15(2)7-6-11-12(8-15)17-10(4-3-5-13(18)19)9-20-14(17)16-11/h9H,3-8H2,1-2H3,(H,18,19). The topological polar surface area (TPSA) is 54.6 Å². The zero-order valence-electron chi connectivity index (χ0n) is 12.0. The molecule has 1 aliphatic rings. The highest BCUT2D eigenvalue weighted by atomic mass is 32.1. The van der Waals surface area contributed by atoms with Gasteiger partial charge in [-0.3, -0.25) is 9.20 Å². The van der Waals surface area contributed by atoms with Crippen LogP contribution in [-0.4, -0.2) is 20.5 Å². The molecule has 0 bridgehead atoms. The minimum atomic E-state index is -0.717. The summed E-state index contributed by atoms with van der Waals surface area (Å²) in [5.41, 5.74) is 4.15. The average Bonchev–Trinajstić information content (AvgIpc) is 2.88. The maximum Gasteiger partial charge on any atom is 0.303 e. The van der Waals surface area contributed by atoms with E-state index in [2.05, 4.69) is 23.6 Å². The van der Waals surface area contributed by atoms with Gasteiger partial charge in [0.05, 0.1) is 5.69 Å². The van der Waals surface area contributed by atoms with Crippen LogP contribution in [0.4, 0.5) is 0 Å². The lowest BCUT2D eigenvalue weighted by molar-refractivity contribution is -0.137. The molecule has 0 amide bonds. The molecule has 2 heterocycles. The van der Waals surface area contributed by atoms with Crippen LogP contribution in [0.5, 0.6) is 0 Å². The first-order valence-electron chi connectivity index (χ1n) is 7.15. The second kappa shape index (κ2) is 4.88. The van der Waals surface area contributed by atoms with E-state index in [4.69, 9.17) is 10.1 Å². The van der Waals surface area contributed by atoms with E-state index in [1.165, 1.54) is 23.5 Å². The number of fused-ring (bicyclic) bond motifs is 3. The Labute approximate surface area is 122 Å². The van der Waals surface area contributed by atoms with Crippen molar-refractivity contribution < 1.29 is 9.90 Å². The molecule has 108 valence electrons. The number of carboxylic acids is 1. The molecule has 1 N–H and O–H groups in total. The van der Waals surface area contributed by atoms with Gasteiger partial charge in [0.15, 0.2) is 4.96 Å². The van der Waals surface area contributed by atoms with Gasteiger partial charge in [-0.1, -0.05) is 13.8 Å². The molecule has 2 aromatic heterocycles. The quantitative estimate of drug-likeness (QED) is 0.940. The zero-order valence-corrected chi connectivity index (χ0v) is 12.8. The Balaban J connectivity index is 1.91. The van der Waals surface area contributed by atoms with Gasteiger partial charge in [0.2, 0.25) is 0 Å². The first-order chi connectivity index (χ1) is 9.46. The van der Waals surface area contributed by atoms with Crippen LogP contribution in [0.25, 0.3) is 4.96 Å². The largest absolute Gasteiger partial charge is 0.481 e. The van der Waals surface area contributed by atoms with Crippen LogP contribution in [0.3, 0.4) is 0 Å². The Hall–Kier alpha value is -1.36. The second-order valence-corrected chi connectivity index (χ2v) is 7.28.